The zero-order valence-electron chi connectivity index (χ0n) is 17.0. The Hall–Kier alpha value is -3.71. The Morgan fingerprint density at radius 1 is 0.906 bits per heavy atom. The molecule has 0 saturated carbocycles. The number of hydrogen-bond donors (Lipinski definition) is 1. The number of para-hydroxylation sites is 2. The fourth-order valence-corrected chi connectivity index (χ4v) is 4.31. The Bertz CT molecular complexity index is 1510. The molecule has 2 aromatic heterocycles. The average Bonchev–Trinajstić information content (AvgIpc) is 3.12. The van der Waals surface area contributed by atoms with Crippen molar-refractivity contribution in [2.75, 3.05) is 5.32 Å². The number of hydrogen-bond acceptors (Lipinski definition) is 3. The first-order chi connectivity index (χ1) is 15.6. The summed E-state index contributed by atoms with van der Waals surface area (Å²) in [6.07, 6.45) is 1.67. The molecule has 0 saturated heterocycles. The number of benzene rings is 3. The second kappa shape index (κ2) is 8.43. The van der Waals surface area contributed by atoms with E-state index in [0.29, 0.717) is 17.7 Å². The van der Waals surface area contributed by atoms with Gasteiger partial charge in [0.2, 0.25) is 5.91 Å². The fourth-order valence-electron chi connectivity index (χ4n) is 3.92. The molecule has 5 rings (SSSR count). The van der Waals surface area contributed by atoms with Crippen LogP contribution in [0.1, 0.15) is 5.56 Å². The molecule has 6 nitrogen and oxygen atoms in total. The molecule has 0 spiro atoms. The quantitative estimate of drug-likeness (QED) is 0.387. The predicted molar refractivity (Wildman–Crippen MR) is 130 cm³/mol. The largest absolute Gasteiger partial charge is 0.331 e. The van der Waals surface area contributed by atoms with E-state index >= 15 is 0 Å². The third kappa shape index (κ3) is 3.71. The molecule has 1 N–H and O–H groups in total. The molecule has 0 aliphatic carbocycles. The van der Waals surface area contributed by atoms with Crippen LogP contribution < -0.4 is 10.9 Å². The number of amides is 1. The van der Waals surface area contributed by atoms with Crippen LogP contribution in [0.4, 0.5) is 5.69 Å². The Kier molecular flexibility index (Phi) is 5.33. The van der Waals surface area contributed by atoms with Crippen LogP contribution in [-0.4, -0.2) is 20.3 Å². The van der Waals surface area contributed by atoms with E-state index in [2.05, 4.69) is 26.3 Å². The summed E-state index contributed by atoms with van der Waals surface area (Å²) in [5.41, 5.74) is 2.94. The summed E-state index contributed by atoms with van der Waals surface area (Å²) in [5.74, 6) is -0.323. The van der Waals surface area contributed by atoms with Crippen LogP contribution in [0.5, 0.6) is 0 Å². The average molecular weight is 487 g/mol. The van der Waals surface area contributed by atoms with E-state index in [1.165, 1.54) is 4.68 Å². The van der Waals surface area contributed by atoms with Gasteiger partial charge in [0.25, 0.3) is 5.56 Å². The molecule has 0 atom stereocenters. The first-order valence-electron chi connectivity index (χ1n) is 10.2. The molecule has 3 aromatic carbocycles. The summed E-state index contributed by atoms with van der Waals surface area (Å²) in [4.78, 5) is 26.1. The van der Waals surface area contributed by atoms with Crippen LogP contribution in [-0.2, 0) is 17.9 Å². The van der Waals surface area contributed by atoms with Crippen LogP contribution in [0.2, 0.25) is 0 Å². The molecule has 0 radical (unpaired) electrons. The van der Waals surface area contributed by atoms with Gasteiger partial charge in [0.15, 0.2) is 0 Å². The number of halogens is 1. The molecule has 158 valence electrons. The second-order valence-corrected chi connectivity index (χ2v) is 8.34. The van der Waals surface area contributed by atoms with Crippen molar-refractivity contribution in [2.24, 2.45) is 0 Å². The molecule has 7 heteroatoms. The molecule has 1 amide bonds. The van der Waals surface area contributed by atoms with Gasteiger partial charge in [-0.1, -0.05) is 60.7 Å². The van der Waals surface area contributed by atoms with E-state index < -0.39 is 0 Å². The highest BCUT2D eigenvalue weighted by molar-refractivity contribution is 9.10. The first kappa shape index (κ1) is 20.2. The van der Waals surface area contributed by atoms with Crippen molar-refractivity contribution in [3.63, 3.8) is 0 Å². The van der Waals surface area contributed by atoms with Gasteiger partial charge in [0.05, 0.1) is 11.9 Å². The van der Waals surface area contributed by atoms with Crippen molar-refractivity contribution < 1.29 is 4.79 Å². The third-order valence-electron chi connectivity index (χ3n) is 5.40. The maximum Gasteiger partial charge on any atom is 0.291 e. The Morgan fingerprint density at radius 3 is 2.44 bits per heavy atom. The molecule has 2 heterocycles. The number of nitrogens with one attached hydrogen (secondary N) is 1. The zero-order chi connectivity index (χ0) is 22.1. The van der Waals surface area contributed by atoms with Gasteiger partial charge in [-0.2, -0.15) is 5.10 Å². The van der Waals surface area contributed by atoms with Crippen LogP contribution in [0.15, 0.2) is 94.3 Å². The molecular formula is C25H19BrN4O2. The van der Waals surface area contributed by atoms with Crippen molar-refractivity contribution in [1.82, 2.24) is 14.3 Å². The lowest BCUT2D eigenvalue weighted by Crippen LogP contribution is -2.30. The monoisotopic (exact) mass is 486 g/mol. The molecule has 32 heavy (non-hydrogen) atoms. The fraction of sp³-hybridized carbons (Fsp3) is 0.0800. The number of carbonyl (C=O) groups excluding carboxylic acids is 1. The van der Waals surface area contributed by atoms with Gasteiger partial charge in [-0.3, -0.25) is 9.59 Å². The lowest BCUT2D eigenvalue weighted by molar-refractivity contribution is -0.117. The van der Waals surface area contributed by atoms with E-state index in [1.54, 1.807) is 12.3 Å². The van der Waals surface area contributed by atoms with Crippen LogP contribution in [0.25, 0.3) is 21.8 Å². The third-order valence-corrected chi connectivity index (χ3v) is 6.09. The first-order valence-corrected chi connectivity index (χ1v) is 11.0. The SMILES string of the molecule is O=C(Cn1ncc2c3ccccc3n(Cc3ccccc3)c2c1=O)Nc1ccccc1Br. The molecule has 0 aliphatic heterocycles. The maximum absolute atomic E-state index is 13.5. The topological polar surface area (TPSA) is 68.9 Å². The van der Waals surface area contributed by atoms with Gasteiger partial charge < -0.3 is 9.88 Å². The normalized spacial score (nSPS) is 11.2. The molecule has 5 aromatic rings. The number of aromatic nitrogens is 3. The summed E-state index contributed by atoms with van der Waals surface area (Å²) in [5, 5.41) is 8.87. The van der Waals surface area contributed by atoms with Gasteiger partial charge in [0, 0.05) is 27.3 Å². The molecule has 0 bridgehead atoms. The van der Waals surface area contributed by atoms with Gasteiger partial charge in [-0.15, -0.1) is 0 Å². The zero-order valence-corrected chi connectivity index (χ0v) is 18.6. The highest BCUT2D eigenvalue weighted by atomic mass is 79.9. The maximum atomic E-state index is 13.5. The second-order valence-electron chi connectivity index (χ2n) is 7.49. The minimum Gasteiger partial charge on any atom is -0.331 e. The van der Waals surface area contributed by atoms with E-state index in [0.717, 1.165) is 26.3 Å². The summed E-state index contributed by atoms with van der Waals surface area (Å²) < 4.78 is 3.99. The Morgan fingerprint density at radius 2 is 1.62 bits per heavy atom. The summed E-state index contributed by atoms with van der Waals surface area (Å²) >= 11 is 3.42. The smallest absolute Gasteiger partial charge is 0.291 e. The summed E-state index contributed by atoms with van der Waals surface area (Å²) in [7, 11) is 0. The number of fused-ring (bicyclic) bond motifs is 3. The van der Waals surface area contributed by atoms with Gasteiger partial charge >= 0.3 is 0 Å². The molecule has 0 fully saturated rings. The summed E-state index contributed by atoms with van der Waals surface area (Å²) in [6, 6.07) is 25.2. The van der Waals surface area contributed by atoms with Gasteiger partial charge in [-0.25, -0.2) is 4.68 Å². The van der Waals surface area contributed by atoms with Crippen molar-refractivity contribution >= 4 is 49.3 Å². The number of nitrogens with zero attached hydrogens (tertiary/aromatic N) is 3. The molecule has 0 unspecified atom stereocenters. The highest BCUT2D eigenvalue weighted by Crippen LogP contribution is 2.27. The molecular weight excluding hydrogens is 468 g/mol. The lowest BCUT2D eigenvalue weighted by Gasteiger charge is -2.10. The van der Waals surface area contributed by atoms with E-state index in [4.69, 9.17) is 0 Å². The number of carbonyl (C=O) groups is 1. The van der Waals surface area contributed by atoms with Crippen molar-refractivity contribution in [1.29, 1.82) is 0 Å². The lowest BCUT2D eigenvalue weighted by atomic mass is 10.2. The minimum absolute atomic E-state index is 0.178. The van der Waals surface area contributed by atoms with Crippen molar-refractivity contribution in [2.45, 2.75) is 13.1 Å². The van der Waals surface area contributed by atoms with Crippen LogP contribution in [0, 0.1) is 0 Å². The predicted octanol–water partition coefficient (Wildman–Crippen LogP) is 4.80. The number of anilines is 1. The van der Waals surface area contributed by atoms with Crippen LogP contribution in [0.3, 0.4) is 0 Å². The minimum atomic E-state index is -0.323. The highest BCUT2D eigenvalue weighted by Gasteiger charge is 2.17. The summed E-state index contributed by atoms with van der Waals surface area (Å²) in [6.45, 7) is 0.371. The van der Waals surface area contributed by atoms with E-state index in [1.807, 2.05) is 77.4 Å². The Labute approximate surface area is 192 Å². The van der Waals surface area contributed by atoms with Crippen molar-refractivity contribution in [3.05, 3.63) is 105 Å². The molecule has 0 aliphatic rings. The van der Waals surface area contributed by atoms with Crippen LogP contribution >= 0.6 is 15.9 Å². The number of rotatable bonds is 5. The van der Waals surface area contributed by atoms with Gasteiger partial charge in [0.1, 0.15) is 12.1 Å². The van der Waals surface area contributed by atoms with E-state index in [9.17, 15) is 9.59 Å². The standard InChI is InChI=1S/C25H19BrN4O2/c26-20-11-5-6-12-21(20)28-23(31)16-30-25(32)24-19(14-27-30)18-10-4-7-13-22(18)29(24)15-17-8-2-1-3-9-17/h1-14H,15-16H2,(H,28,31). The van der Waals surface area contributed by atoms with Gasteiger partial charge in [-0.05, 0) is 39.7 Å². The Balaban J connectivity index is 1.57. The van der Waals surface area contributed by atoms with E-state index in [-0.39, 0.29) is 18.0 Å². The van der Waals surface area contributed by atoms with Crippen molar-refractivity contribution in [3.8, 4) is 0 Å².